The Bertz CT molecular complexity index is 206. The van der Waals surface area contributed by atoms with Crippen molar-refractivity contribution >= 4 is 16.5 Å². The monoisotopic (exact) mass is 247 g/mol. The number of nitrogens with two attached hydrogens (primary N) is 1. The van der Waals surface area contributed by atoms with Crippen LogP contribution >= 0.6 is 16.5 Å². The predicted molar refractivity (Wildman–Crippen MR) is 45.1 cm³/mol. The fraction of sp³-hybridized carbons (Fsp3) is 1.00. The van der Waals surface area contributed by atoms with E-state index in [1.807, 2.05) is 0 Å². The van der Waals surface area contributed by atoms with Crippen molar-refractivity contribution in [1.29, 1.82) is 0 Å². The molecule has 0 rings (SSSR count). The van der Waals surface area contributed by atoms with Crippen LogP contribution in [0.3, 0.4) is 0 Å². The van der Waals surface area contributed by atoms with Crippen LogP contribution in [-0.2, 0) is 18.2 Å². The molecule has 0 radical (unpaired) electrons. The molecule has 0 fully saturated rings. The topological polar surface area (TPSA) is 139 Å². The molecule has 0 heterocycles. The van der Waals surface area contributed by atoms with E-state index < -0.39 is 22.5 Å². The van der Waals surface area contributed by atoms with Crippen molar-refractivity contribution in [2.75, 3.05) is 6.54 Å². The second-order valence-corrected chi connectivity index (χ2v) is 3.58. The highest BCUT2D eigenvalue weighted by atomic mass is 31.1. The van der Waals surface area contributed by atoms with Gasteiger partial charge in [0.25, 0.3) is 0 Å². The van der Waals surface area contributed by atoms with Gasteiger partial charge in [0.1, 0.15) is 0 Å². The SMILES string of the molecule is NCCCC(O)(O[P+](=O)O)O[P+](=O)O. The van der Waals surface area contributed by atoms with Crippen molar-refractivity contribution in [2.45, 2.75) is 18.8 Å². The van der Waals surface area contributed by atoms with Gasteiger partial charge in [0.2, 0.25) is 0 Å². The molecule has 5 N–H and O–H groups in total. The number of hydrogen-bond donors (Lipinski definition) is 4. The molecule has 2 atom stereocenters. The molecular formula is C4H11NO7P2+2. The molecule has 82 valence electrons. The minimum Gasteiger partial charge on any atom is -0.337 e. The maximum Gasteiger partial charge on any atom is 0.700 e. The van der Waals surface area contributed by atoms with Crippen LogP contribution in [0.2, 0.25) is 0 Å². The standard InChI is InChI=1S/C4H9NO7P2/c5-3-1-2-4(6,11-13(7)8)12-14(9)10/h6H,1-3,5H2/p+2. The Hall–Kier alpha value is -0.0400. The quantitative estimate of drug-likeness (QED) is 0.355. The maximum atomic E-state index is 10.2. The minimum atomic E-state index is -3.14. The first-order chi connectivity index (χ1) is 6.39. The molecule has 0 bridgehead atoms. The Balaban J connectivity index is 4.31. The van der Waals surface area contributed by atoms with Crippen LogP contribution in [0.1, 0.15) is 12.8 Å². The van der Waals surface area contributed by atoms with Gasteiger partial charge >= 0.3 is 22.5 Å². The van der Waals surface area contributed by atoms with E-state index >= 15 is 0 Å². The van der Waals surface area contributed by atoms with Crippen LogP contribution in [0.15, 0.2) is 0 Å². The lowest BCUT2D eigenvalue weighted by Gasteiger charge is -2.12. The van der Waals surface area contributed by atoms with E-state index in [1.165, 1.54) is 0 Å². The Morgan fingerprint density at radius 2 is 1.64 bits per heavy atom. The molecule has 0 saturated heterocycles. The van der Waals surface area contributed by atoms with Gasteiger partial charge in [-0.05, 0) is 22.0 Å². The zero-order chi connectivity index (χ0) is 11.2. The fourth-order valence-corrected chi connectivity index (χ4v) is 1.48. The highest BCUT2D eigenvalue weighted by Gasteiger charge is 2.47. The van der Waals surface area contributed by atoms with E-state index in [-0.39, 0.29) is 19.4 Å². The maximum absolute atomic E-state index is 10.2. The molecule has 10 heteroatoms. The van der Waals surface area contributed by atoms with Crippen molar-refractivity contribution in [3.05, 3.63) is 0 Å². The van der Waals surface area contributed by atoms with Gasteiger partial charge in [-0.3, -0.25) is 0 Å². The molecule has 0 saturated carbocycles. The summed E-state index contributed by atoms with van der Waals surface area (Å²) in [5, 5.41) is 9.30. The smallest absolute Gasteiger partial charge is 0.337 e. The molecule has 0 spiro atoms. The molecule has 14 heavy (non-hydrogen) atoms. The van der Waals surface area contributed by atoms with Gasteiger partial charge in [-0.1, -0.05) is 0 Å². The van der Waals surface area contributed by atoms with Crippen molar-refractivity contribution in [3.8, 4) is 0 Å². The molecule has 0 amide bonds. The third-order valence-electron chi connectivity index (χ3n) is 1.14. The second kappa shape index (κ2) is 6.44. The van der Waals surface area contributed by atoms with Gasteiger partial charge in [-0.2, -0.15) is 0 Å². The van der Waals surface area contributed by atoms with Crippen LogP contribution in [0.25, 0.3) is 0 Å². The number of aliphatic hydroxyl groups is 1. The van der Waals surface area contributed by atoms with Crippen molar-refractivity contribution < 1.29 is 33.1 Å². The van der Waals surface area contributed by atoms with E-state index in [1.54, 1.807) is 0 Å². The summed E-state index contributed by atoms with van der Waals surface area (Å²) >= 11 is 0. The zero-order valence-electron chi connectivity index (χ0n) is 7.07. The Labute approximate surface area is 81.5 Å². The van der Waals surface area contributed by atoms with Gasteiger partial charge in [0, 0.05) is 15.6 Å². The first-order valence-electron chi connectivity index (χ1n) is 3.52. The van der Waals surface area contributed by atoms with Gasteiger partial charge in [0.15, 0.2) is 0 Å². The second-order valence-electron chi connectivity index (χ2n) is 2.26. The zero-order valence-corrected chi connectivity index (χ0v) is 8.86. The summed E-state index contributed by atoms with van der Waals surface area (Å²) in [6.45, 7) is 0.166. The molecule has 0 aromatic heterocycles. The molecule has 0 aliphatic rings. The average molecular weight is 247 g/mol. The molecule has 0 aromatic rings. The molecule has 0 aliphatic heterocycles. The van der Waals surface area contributed by atoms with Gasteiger partial charge < -0.3 is 10.8 Å². The van der Waals surface area contributed by atoms with Crippen molar-refractivity contribution in [2.24, 2.45) is 5.73 Å². The van der Waals surface area contributed by atoms with Crippen molar-refractivity contribution in [3.63, 3.8) is 0 Å². The van der Waals surface area contributed by atoms with E-state index in [4.69, 9.17) is 15.5 Å². The summed E-state index contributed by atoms with van der Waals surface area (Å²) in [6, 6.07) is 0. The van der Waals surface area contributed by atoms with E-state index in [9.17, 15) is 14.2 Å². The summed E-state index contributed by atoms with van der Waals surface area (Å²) in [5.41, 5.74) is 5.10. The molecule has 0 aromatic carbocycles. The van der Waals surface area contributed by atoms with Crippen LogP contribution < -0.4 is 5.73 Å². The van der Waals surface area contributed by atoms with Crippen molar-refractivity contribution in [1.82, 2.24) is 0 Å². The van der Waals surface area contributed by atoms with Gasteiger partial charge in [0.05, 0.1) is 0 Å². The van der Waals surface area contributed by atoms with E-state index in [0.717, 1.165) is 0 Å². The van der Waals surface area contributed by atoms with Crippen LogP contribution in [0.5, 0.6) is 0 Å². The highest BCUT2D eigenvalue weighted by Crippen LogP contribution is 2.35. The van der Waals surface area contributed by atoms with Gasteiger partial charge in [-0.25, -0.2) is 0 Å². The first-order valence-corrected chi connectivity index (χ1v) is 5.78. The molecule has 8 nitrogen and oxygen atoms in total. The lowest BCUT2D eigenvalue weighted by atomic mass is 10.3. The Morgan fingerprint density at radius 1 is 1.21 bits per heavy atom. The number of rotatable bonds is 7. The summed E-state index contributed by atoms with van der Waals surface area (Å²) in [4.78, 5) is 16.7. The summed E-state index contributed by atoms with van der Waals surface area (Å²) in [5.74, 6) is -2.55. The lowest BCUT2D eigenvalue weighted by Crippen LogP contribution is -2.32. The van der Waals surface area contributed by atoms with Crippen LogP contribution in [0, 0.1) is 0 Å². The normalized spacial score (nSPS) is 17.4. The lowest BCUT2D eigenvalue weighted by molar-refractivity contribution is -0.277. The Kier molecular flexibility index (Phi) is 6.43. The van der Waals surface area contributed by atoms with Crippen LogP contribution in [0.4, 0.5) is 0 Å². The largest absolute Gasteiger partial charge is 0.700 e. The molecule has 2 unspecified atom stereocenters. The highest BCUT2D eigenvalue weighted by molar-refractivity contribution is 7.33. The van der Waals surface area contributed by atoms with Crippen LogP contribution in [-0.4, -0.2) is 27.4 Å². The first kappa shape index (κ1) is 14.0. The summed E-state index contributed by atoms with van der Waals surface area (Å²) in [6.07, 6.45) is -0.0877. The predicted octanol–water partition coefficient (Wildman–Crippen LogP) is -0.296. The summed E-state index contributed by atoms with van der Waals surface area (Å²) < 4.78 is 28.6. The van der Waals surface area contributed by atoms with E-state index in [0.29, 0.717) is 0 Å². The van der Waals surface area contributed by atoms with Gasteiger partial charge in [-0.15, -0.1) is 9.79 Å². The molecule has 0 aliphatic carbocycles. The van der Waals surface area contributed by atoms with E-state index in [2.05, 4.69) is 9.05 Å². The third-order valence-corrected chi connectivity index (χ3v) is 2.02. The fourth-order valence-electron chi connectivity index (χ4n) is 0.677. The molecular weight excluding hydrogens is 236 g/mol. The number of hydrogen-bond acceptors (Lipinski definition) is 6. The average Bonchev–Trinajstić information content (AvgIpc) is 1.97. The minimum absolute atomic E-state index is 0.166. The summed E-state index contributed by atoms with van der Waals surface area (Å²) in [7, 11) is -6.28. The third kappa shape index (κ3) is 6.42. The Morgan fingerprint density at radius 3 is 1.93 bits per heavy atom.